The van der Waals surface area contributed by atoms with Crippen LogP contribution in [0.25, 0.3) is 0 Å². The number of carbonyl (C=O) groups excluding carboxylic acids is 1. The van der Waals surface area contributed by atoms with Gasteiger partial charge in [0.15, 0.2) is 5.60 Å². The van der Waals surface area contributed by atoms with Gasteiger partial charge in [0, 0.05) is 6.92 Å². The molecule has 1 aromatic rings. The monoisotopic (exact) mass is 222 g/mol. The molecule has 0 saturated carbocycles. The Morgan fingerprint density at radius 2 is 1.75 bits per heavy atom. The van der Waals surface area contributed by atoms with Crippen molar-refractivity contribution in [3.05, 3.63) is 30.3 Å². The maximum absolute atomic E-state index is 11.5. The van der Waals surface area contributed by atoms with Crippen molar-refractivity contribution in [3.8, 4) is 5.75 Å². The summed E-state index contributed by atoms with van der Waals surface area (Å²) in [6.45, 7) is 4.87. The molecule has 1 heterocycles. The van der Waals surface area contributed by atoms with Crippen molar-refractivity contribution in [2.24, 2.45) is 0 Å². The van der Waals surface area contributed by atoms with Crippen molar-refractivity contribution in [1.29, 1.82) is 0 Å². The predicted octanol–water partition coefficient (Wildman–Crippen LogP) is 2.09. The summed E-state index contributed by atoms with van der Waals surface area (Å²) in [6.07, 6.45) is 0. The van der Waals surface area contributed by atoms with Crippen molar-refractivity contribution in [1.82, 2.24) is 0 Å². The Kier molecular flexibility index (Phi) is 2.39. The van der Waals surface area contributed by atoms with E-state index >= 15 is 0 Å². The molecule has 0 N–H and O–H groups in total. The molecule has 0 bridgehead atoms. The molecule has 0 radical (unpaired) electrons. The van der Waals surface area contributed by atoms with Gasteiger partial charge in [-0.2, -0.15) is 0 Å². The van der Waals surface area contributed by atoms with Crippen LogP contribution < -0.4 is 4.74 Å². The quantitative estimate of drug-likeness (QED) is 0.719. The second-order valence-electron chi connectivity index (χ2n) is 4.28. The second kappa shape index (κ2) is 3.49. The lowest BCUT2D eigenvalue weighted by Gasteiger charge is -2.23. The van der Waals surface area contributed by atoms with E-state index in [2.05, 4.69) is 0 Å². The summed E-state index contributed by atoms with van der Waals surface area (Å²) in [5.74, 6) is -1.18. The molecule has 1 aliphatic rings. The van der Waals surface area contributed by atoms with E-state index in [0.29, 0.717) is 5.75 Å². The van der Waals surface area contributed by atoms with Crippen molar-refractivity contribution in [2.75, 3.05) is 0 Å². The summed E-state index contributed by atoms with van der Waals surface area (Å²) in [6, 6.07) is 9.09. The van der Waals surface area contributed by atoms with E-state index in [9.17, 15) is 4.79 Å². The molecule has 0 aliphatic carbocycles. The molecule has 86 valence electrons. The van der Waals surface area contributed by atoms with Gasteiger partial charge in [-0.15, -0.1) is 0 Å². The largest absolute Gasteiger partial charge is 0.430 e. The van der Waals surface area contributed by atoms with Crippen LogP contribution in [0.5, 0.6) is 5.75 Å². The van der Waals surface area contributed by atoms with Gasteiger partial charge >= 0.3 is 11.9 Å². The fraction of sp³-hybridized carbons (Fsp3) is 0.417. The molecule has 1 aromatic carbocycles. The van der Waals surface area contributed by atoms with E-state index < -0.39 is 17.5 Å². The first-order chi connectivity index (χ1) is 7.41. The molecule has 2 rings (SSSR count). The van der Waals surface area contributed by atoms with Crippen LogP contribution in [-0.4, -0.2) is 17.5 Å². The average molecular weight is 222 g/mol. The van der Waals surface area contributed by atoms with Crippen molar-refractivity contribution in [2.45, 2.75) is 32.3 Å². The highest BCUT2D eigenvalue weighted by Crippen LogP contribution is 2.33. The van der Waals surface area contributed by atoms with Crippen LogP contribution in [0.4, 0.5) is 0 Å². The van der Waals surface area contributed by atoms with Crippen molar-refractivity contribution < 1.29 is 19.0 Å². The number of esters is 1. The van der Waals surface area contributed by atoms with Gasteiger partial charge in [0.25, 0.3) is 0 Å². The van der Waals surface area contributed by atoms with Gasteiger partial charge in [-0.25, -0.2) is 4.79 Å². The molecule has 1 fully saturated rings. The van der Waals surface area contributed by atoms with E-state index in [1.165, 1.54) is 0 Å². The first-order valence-corrected chi connectivity index (χ1v) is 5.09. The first-order valence-electron chi connectivity index (χ1n) is 5.09. The summed E-state index contributed by atoms with van der Waals surface area (Å²) in [5.41, 5.74) is -0.969. The molecule has 1 unspecified atom stereocenters. The smallest absolute Gasteiger partial charge is 0.371 e. The van der Waals surface area contributed by atoms with Crippen LogP contribution in [0.15, 0.2) is 30.3 Å². The number of hydrogen-bond acceptors (Lipinski definition) is 4. The Balaban J connectivity index is 2.15. The van der Waals surface area contributed by atoms with Gasteiger partial charge in [-0.05, 0) is 26.0 Å². The molecular weight excluding hydrogens is 208 g/mol. The Morgan fingerprint density at radius 3 is 2.25 bits per heavy atom. The number of para-hydroxylation sites is 1. The lowest BCUT2D eigenvalue weighted by atomic mass is 10.1. The van der Waals surface area contributed by atoms with Gasteiger partial charge in [0.2, 0.25) is 0 Å². The normalized spacial score (nSPS) is 27.6. The topological polar surface area (TPSA) is 44.8 Å². The maximum Gasteiger partial charge on any atom is 0.371 e. The third kappa shape index (κ3) is 2.02. The molecule has 4 heteroatoms. The van der Waals surface area contributed by atoms with E-state index in [-0.39, 0.29) is 0 Å². The van der Waals surface area contributed by atoms with Crippen LogP contribution >= 0.6 is 0 Å². The van der Waals surface area contributed by atoms with Crippen molar-refractivity contribution in [3.63, 3.8) is 0 Å². The summed E-state index contributed by atoms with van der Waals surface area (Å²) >= 11 is 0. The van der Waals surface area contributed by atoms with Gasteiger partial charge < -0.3 is 9.47 Å². The Hall–Kier alpha value is -1.55. The number of carbonyl (C=O) groups is 1. The van der Waals surface area contributed by atoms with Crippen LogP contribution in [0, 0.1) is 0 Å². The highest BCUT2D eigenvalue weighted by atomic mass is 16.9. The minimum atomic E-state index is -1.35. The van der Waals surface area contributed by atoms with Gasteiger partial charge in [-0.3, -0.25) is 4.74 Å². The zero-order valence-corrected chi connectivity index (χ0v) is 9.52. The van der Waals surface area contributed by atoms with E-state index in [1.54, 1.807) is 32.9 Å². The molecule has 4 nitrogen and oxygen atoms in total. The SMILES string of the molecule is CC1(Oc2ccccc2)OC(=O)C(C)(C)O1. The lowest BCUT2D eigenvalue weighted by Crippen LogP contribution is -2.36. The molecule has 0 amide bonds. The van der Waals surface area contributed by atoms with Gasteiger partial charge in [0.1, 0.15) is 5.75 Å². The average Bonchev–Trinajstić information content (AvgIpc) is 2.36. The van der Waals surface area contributed by atoms with Crippen LogP contribution in [0.2, 0.25) is 0 Å². The summed E-state index contributed by atoms with van der Waals surface area (Å²) in [7, 11) is 0. The van der Waals surface area contributed by atoms with Crippen LogP contribution in [-0.2, 0) is 14.3 Å². The number of rotatable bonds is 2. The van der Waals surface area contributed by atoms with E-state index in [1.807, 2.05) is 18.2 Å². The zero-order chi connectivity index (χ0) is 11.8. The molecule has 1 atom stereocenters. The molecule has 1 saturated heterocycles. The third-order valence-corrected chi connectivity index (χ3v) is 2.26. The molecule has 0 aromatic heterocycles. The fourth-order valence-corrected chi connectivity index (χ4v) is 1.56. The number of ether oxygens (including phenoxy) is 3. The molecule has 0 spiro atoms. The highest BCUT2D eigenvalue weighted by molar-refractivity contribution is 5.80. The van der Waals surface area contributed by atoms with Crippen molar-refractivity contribution >= 4 is 5.97 Å². The van der Waals surface area contributed by atoms with E-state index in [0.717, 1.165) is 0 Å². The van der Waals surface area contributed by atoms with Crippen LogP contribution in [0.3, 0.4) is 0 Å². The Bertz CT molecular complexity index is 399. The summed E-state index contributed by atoms with van der Waals surface area (Å²) in [4.78, 5) is 11.5. The Morgan fingerprint density at radius 1 is 1.12 bits per heavy atom. The van der Waals surface area contributed by atoms with Crippen LogP contribution in [0.1, 0.15) is 20.8 Å². The molecule has 16 heavy (non-hydrogen) atoms. The number of cyclic esters (lactones) is 1. The Labute approximate surface area is 94.1 Å². The zero-order valence-electron chi connectivity index (χ0n) is 9.52. The van der Waals surface area contributed by atoms with Gasteiger partial charge in [0.05, 0.1) is 0 Å². The summed E-state index contributed by atoms with van der Waals surface area (Å²) in [5, 5.41) is 0. The molecular formula is C12H14O4. The lowest BCUT2D eigenvalue weighted by molar-refractivity contribution is -0.285. The third-order valence-electron chi connectivity index (χ3n) is 2.26. The number of hydrogen-bond donors (Lipinski definition) is 0. The highest BCUT2D eigenvalue weighted by Gasteiger charge is 2.52. The van der Waals surface area contributed by atoms with E-state index in [4.69, 9.17) is 14.2 Å². The van der Waals surface area contributed by atoms with Gasteiger partial charge in [-0.1, -0.05) is 18.2 Å². The minimum absolute atomic E-state index is 0.425. The molecule has 1 aliphatic heterocycles. The predicted molar refractivity (Wildman–Crippen MR) is 56.7 cm³/mol. The second-order valence-corrected chi connectivity index (χ2v) is 4.28. The minimum Gasteiger partial charge on any atom is -0.430 e. The maximum atomic E-state index is 11.5. The first kappa shape index (κ1) is 11.0. The fourth-order valence-electron chi connectivity index (χ4n) is 1.56. The summed E-state index contributed by atoms with van der Waals surface area (Å²) < 4.78 is 16.0. The standard InChI is InChI=1S/C12H14O4/c1-11(2)10(13)15-12(3,16-11)14-9-7-5-4-6-8-9/h4-8H,1-3H3. The number of benzene rings is 1.